The maximum absolute atomic E-state index is 12.3. The maximum Gasteiger partial charge on any atom is 0.317 e. The fourth-order valence-electron chi connectivity index (χ4n) is 2.48. The normalized spacial score (nSPS) is 34.0. The molecule has 2 amide bonds. The Labute approximate surface area is 123 Å². The summed E-state index contributed by atoms with van der Waals surface area (Å²) in [5.41, 5.74) is -1.04. The molecular formula is C13H22N2O4S. The number of carboxylic acid groups (broad SMARTS) is 1. The second-order valence-electron chi connectivity index (χ2n) is 5.59. The number of carboxylic acids is 1. The van der Waals surface area contributed by atoms with Gasteiger partial charge in [-0.2, -0.15) is 11.8 Å². The van der Waals surface area contributed by atoms with Crippen LogP contribution in [0.4, 0.5) is 4.79 Å². The molecule has 2 rings (SSSR count). The van der Waals surface area contributed by atoms with Gasteiger partial charge in [-0.05, 0) is 13.3 Å². The van der Waals surface area contributed by atoms with Gasteiger partial charge in [0.1, 0.15) is 5.41 Å². The lowest BCUT2D eigenvalue weighted by Crippen LogP contribution is -2.55. The van der Waals surface area contributed by atoms with Crippen molar-refractivity contribution in [2.45, 2.75) is 31.6 Å². The lowest BCUT2D eigenvalue weighted by molar-refractivity contribution is -0.148. The molecule has 2 aliphatic rings. The maximum atomic E-state index is 12.3. The topological polar surface area (TPSA) is 78.9 Å². The van der Waals surface area contributed by atoms with Gasteiger partial charge in [-0.1, -0.05) is 6.92 Å². The summed E-state index contributed by atoms with van der Waals surface area (Å²) in [4.78, 5) is 25.4. The van der Waals surface area contributed by atoms with Crippen LogP contribution in [-0.4, -0.2) is 65.4 Å². The Morgan fingerprint density at radius 2 is 2.30 bits per heavy atom. The SMILES string of the molecule is CCC1CN(C(=O)NC2COCC2(C)C(=O)O)CCS1. The number of carbonyl (C=O) groups is 2. The molecular weight excluding hydrogens is 280 g/mol. The van der Waals surface area contributed by atoms with Crippen LogP contribution in [0.1, 0.15) is 20.3 Å². The zero-order valence-corrected chi connectivity index (χ0v) is 12.7. The van der Waals surface area contributed by atoms with Gasteiger partial charge in [0, 0.05) is 24.1 Å². The quantitative estimate of drug-likeness (QED) is 0.813. The van der Waals surface area contributed by atoms with Crippen LogP contribution < -0.4 is 5.32 Å². The number of nitrogens with zero attached hydrogens (tertiary/aromatic N) is 1. The largest absolute Gasteiger partial charge is 0.481 e. The molecule has 2 fully saturated rings. The molecule has 0 spiro atoms. The minimum Gasteiger partial charge on any atom is -0.481 e. The first-order valence-electron chi connectivity index (χ1n) is 6.95. The number of hydrogen-bond donors (Lipinski definition) is 2. The minimum absolute atomic E-state index is 0.140. The Bertz CT molecular complexity index is 393. The van der Waals surface area contributed by atoms with E-state index in [0.717, 1.165) is 18.7 Å². The van der Waals surface area contributed by atoms with Crippen LogP contribution in [0.15, 0.2) is 0 Å². The fourth-order valence-corrected chi connectivity index (χ4v) is 3.66. The number of ether oxygens (including phenoxy) is 1. The van der Waals surface area contributed by atoms with Crippen molar-refractivity contribution in [1.29, 1.82) is 0 Å². The van der Waals surface area contributed by atoms with Crippen molar-refractivity contribution in [1.82, 2.24) is 10.2 Å². The average Bonchev–Trinajstić information content (AvgIpc) is 2.81. The van der Waals surface area contributed by atoms with E-state index in [2.05, 4.69) is 12.2 Å². The van der Waals surface area contributed by atoms with Crippen molar-refractivity contribution in [2.75, 3.05) is 32.1 Å². The third kappa shape index (κ3) is 3.03. The van der Waals surface area contributed by atoms with Crippen LogP contribution in [-0.2, 0) is 9.53 Å². The lowest BCUT2D eigenvalue weighted by Gasteiger charge is -2.34. The smallest absolute Gasteiger partial charge is 0.317 e. The second kappa shape index (κ2) is 6.22. The number of nitrogens with one attached hydrogen (secondary N) is 1. The predicted octanol–water partition coefficient (Wildman–Crippen LogP) is 1.01. The van der Waals surface area contributed by atoms with Crippen LogP contribution in [0.3, 0.4) is 0 Å². The van der Waals surface area contributed by atoms with E-state index in [-0.39, 0.29) is 19.2 Å². The summed E-state index contributed by atoms with van der Waals surface area (Å²) >= 11 is 1.89. The van der Waals surface area contributed by atoms with E-state index in [1.165, 1.54) is 0 Å². The molecule has 6 nitrogen and oxygen atoms in total. The zero-order chi connectivity index (χ0) is 14.8. The highest BCUT2D eigenvalue weighted by Crippen LogP contribution is 2.29. The van der Waals surface area contributed by atoms with E-state index in [9.17, 15) is 14.7 Å². The molecule has 2 aliphatic heterocycles. The third-order valence-electron chi connectivity index (χ3n) is 4.12. The summed E-state index contributed by atoms with van der Waals surface area (Å²) in [6.07, 6.45) is 1.04. The van der Waals surface area contributed by atoms with Crippen LogP contribution in [0, 0.1) is 5.41 Å². The van der Waals surface area contributed by atoms with Crippen LogP contribution >= 0.6 is 11.8 Å². The third-order valence-corrected chi connectivity index (χ3v) is 5.50. The molecule has 0 bridgehead atoms. The number of aliphatic carboxylic acids is 1. The molecule has 114 valence electrons. The summed E-state index contributed by atoms with van der Waals surface area (Å²) in [5.74, 6) is 0.00413. The Morgan fingerprint density at radius 3 is 2.95 bits per heavy atom. The minimum atomic E-state index is -1.04. The zero-order valence-electron chi connectivity index (χ0n) is 11.9. The van der Waals surface area contributed by atoms with Crippen LogP contribution in [0.25, 0.3) is 0 Å². The van der Waals surface area contributed by atoms with Gasteiger partial charge >= 0.3 is 12.0 Å². The number of thioether (sulfide) groups is 1. The molecule has 20 heavy (non-hydrogen) atoms. The van der Waals surface area contributed by atoms with Crippen molar-refractivity contribution in [3.8, 4) is 0 Å². The van der Waals surface area contributed by atoms with Gasteiger partial charge in [0.25, 0.3) is 0 Å². The summed E-state index contributed by atoms with van der Waals surface area (Å²) in [5, 5.41) is 12.6. The molecule has 3 atom stereocenters. The highest BCUT2D eigenvalue weighted by atomic mass is 32.2. The summed E-state index contributed by atoms with van der Waals surface area (Å²) < 4.78 is 5.25. The Balaban J connectivity index is 1.95. The van der Waals surface area contributed by atoms with Crippen molar-refractivity contribution >= 4 is 23.8 Å². The lowest BCUT2D eigenvalue weighted by atomic mass is 9.85. The Kier molecular flexibility index (Phi) is 4.80. The second-order valence-corrected chi connectivity index (χ2v) is 7.00. The molecule has 0 aromatic rings. The Hall–Kier alpha value is -0.950. The monoisotopic (exact) mass is 302 g/mol. The standard InChI is InChI=1S/C13H22N2O4S/c1-3-9-6-15(4-5-20-9)12(18)14-10-7-19-8-13(10,2)11(16)17/h9-10H,3-8H2,1-2H3,(H,14,18)(H,16,17). The number of rotatable bonds is 3. The first kappa shape index (κ1) is 15.4. The average molecular weight is 302 g/mol. The van der Waals surface area contributed by atoms with Gasteiger partial charge in [-0.3, -0.25) is 4.79 Å². The van der Waals surface area contributed by atoms with Crippen molar-refractivity contribution in [3.05, 3.63) is 0 Å². The van der Waals surface area contributed by atoms with E-state index < -0.39 is 17.4 Å². The molecule has 0 radical (unpaired) electrons. The van der Waals surface area contributed by atoms with E-state index in [1.54, 1.807) is 11.8 Å². The van der Waals surface area contributed by atoms with Crippen molar-refractivity contribution in [3.63, 3.8) is 0 Å². The molecule has 0 aromatic carbocycles. The summed E-state index contributed by atoms with van der Waals surface area (Å²) in [6, 6.07) is -0.645. The van der Waals surface area contributed by atoms with E-state index >= 15 is 0 Å². The van der Waals surface area contributed by atoms with Crippen molar-refractivity contribution < 1.29 is 19.4 Å². The number of hydrogen-bond acceptors (Lipinski definition) is 4. The first-order chi connectivity index (χ1) is 9.47. The highest BCUT2D eigenvalue weighted by molar-refractivity contribution is 8.00. The number of amides is 2. The molecule has 2 heterocycles. The van der Waals surface area contributed by atoms with Gasteiger partial charge in [0.05, 0.1) is 19.3 Å². The predicted molar refractivity (Wildman–Crippen MR) is 77.0 cm³/mol. The van der Waals surface area contributed by atoms with Gasteiger partial charge in [-0.15, -0.1) is 0 Å². The highest BCUT2D eigenvalue weighted by Gasteiger charge is 2.47. The first-order valence-corrected chi connectivity index (χ1v) is 8.00. The number of urea groups is 1. The van der Waals surface area contributed by atoms with Gasteiger partial charge in [0.15, 0.2) is 0 Å². The fraction of sp³-hybridized carbons (Fsp3) is 0.846. The summed E-state index contributed by atoms with van der Waals surface area (Å²) in [6.45, 7) is 5.57. The van der Waals surface area contributed by atoms with E-state index in [1.807, 2.05) is 11.8 Å². The van der Waals surface area contributed by atoms with Gasteiger partial charge < -0.3 is 20.1 Å². The van der Waals surface area contributed by atoms with Gasteiger partial charge in [-0.25, -0.2) is 4.79 Å². The van der Waals surface area contributed by atoms with E-state index in [4.69, 9.17) is 4.74 Å². The number of carbonyl (C=O) groups excluding carboxylic acids is 1. The molecule has 0 saturated carbocycles. The van der Waals surface area contributed by atoms with Crippen molar-refractivity contribution in [2.24, 2.45) is 5.41 Å². The van der Waals surface area contributed by atoms with E-state index in [0.29, 0.717) is 11.8 Å². The molecule has 3 unspecified atom stereocenters. The van der Waals surface area contributed by atoms with Crippen LogP contribution in [0.5, 0.6) is 0 Å². The molecule has 0 aliphatic carbocycles. The van der Waals surface area contributed by atoms with Crippen LogP contribution in [0.2, 0.25) is 0 Å². The molecule has 2 N–H and O–H groups in total. The molecule has 7 heteroatoms. The Morgan fingerprint density at radius 1 is 1.55 bits per heavy atom. The molecule has 2 saturated heterocycles. The summed E-state index contributed by atoms with van der Waals surface area (Å²) in [7, 11) is 0. The van der Waals surface area contributed by atoms with Gasteiger partial charge in [0.2, 0.25) is 0 Å². The molecule has 0 aromatic heterocycles.